The third-order valence-electron chi connectivity index (χ3n) is 5.24. The SMILES string of the molecule is Cc1ccc(C(NC(=O)COc2ccc(N(C)S(C)(=O)=O)cc2)c2ccccc2)c(C)c1. The molecule has 1 unspecified atom stereocenters. The normalized spacial score (nSPS) is 12.1. The van der Waals surface area contributed by atoms with Crippen molar-refractivity contribution in [2.45, 2.75) is 19.9 Å². The Labute approximate surface area is 189 Å². The van der Waals surface area contributed by atoms with Gasteiger partial charge in [-0.25, -0.2) is 8.42 Å². The van der Waals surface area contributed by atoms with Crippen LogP contribution in [0.25, 0.3) is 0 Å². The molecule has 0 saturated carbocycles. The van der Waals surface area contributed by atoms with E-state index in [0.29, 0.717) is 11.4 Å². The average Bonchev–Trinajstić information content (AvgIpc) is 2.76. The highest BCUT2D eigenvalue weighted by Gasteiger charge is 2.19. The summed E-state index contributed by atoms with van der Waals surface area (Å²) in [7, 11) is -1.86. The summed E-state index contributed by atoms with van der Waals surface area (Å²) >= 11 is 0. The minimum absolute atomic E-state index is 0.157. The molecule has 0 aliphatic carbocycles. The monoisotopic (exact) mass is 452 g/mol. The van der Waals surface area contributed by atoms with Crippen molar-refractivity contribution >= 4 is 21.6 Å². The largest absolute Gasteiger partial charge is 0.484 e. The first kappa shape index (κ1) is 23.3. The van der Waals surface area contributed by atoms with Gasteiger partial charge in [0, 0.05) is 7.05 Å². The first-order chi connectivity index (χ1) is 15.1. The van der Waals surface area contributed by atoms with Crippen molar-refractivity contribution in [1.29, 1.82) is 0 Å². The van der Waals surface area contributed by atoms with E-state index in [9.17, 15) is 13.2 Å². The van der Waals surface area contributed by atoms with Gasteiger partial charge >= 0.3 is 0 Å². The first-order valence-electron chi connectivity index (χ1n) is 10.2. The zero-order valence-electron chi connectivity index (χ0n) is 18.7. The number of ether oxygens (including phenoxy) is 1. The molecular formula is C25H28N2O4S. The van der Waals surface area contributed by atoms with Crippen LogP contribution in [-0.2, 0) is 14.8 Å². The van der Waals surface area contributed by atoms with Crippen LogP contribution in [0.4, 0.5) is 5.69 Å². The Morgan fingerprint density at radius 1 is 1.00 bits per heavy atom. The number of nitrogens with one attached hydrogen (secondary N) is 1. The number of hydrogen-bond donors (Lipinski definition) is 1. The predicted molar refractivity (Wildman–Crippen MR) is 128 cm³/mol. The van der Waals surface area contributed by atoms with Crippen molar-refractivity contribution < 1.29 is 17.9 Å². The molecule has 1 amide bonds. The molecular weight excluding hydrogens is 424 g/mol. The Morgan fingerprint density at radius 3 is 2.25 bits per heavy atom. The van der Waals surface area contributed by atoms with Gasteiger partial charge in [-0.15, -0.1) is 0 Å². The standard InChI is InChI=1S/C25H28N2O4S/c1-18-10-15-23(19(2)16-18)25(20-8-6-5-7-9-20)26-24(28)17-31-22-13-11-21(12-14-22)27(3)32(4,29)30/h5-16,25H,17H2,1-4H3,(H,26,28). The van der Waals surface area contributed by atoms with Crippen LogP contribution in [0.2, 0.25) is 0 Å². The number of nitrogens with zero attached hydrogens (tertiary/aromatic N) is 1. The van der Waals surface area contributed by atoms with Gasteiger partial charge in [0.25, 0.3) is 5.91 Å². The van der Waals surface area contributed by atoms with Crippen LogP contribution >= 0.6 is 0 Å². The molecule has 0 radical (unpaired) electrons. The van der Waals surface area contributed by atoms with Gasteiger partial charge in [0.2, 0.25) is 10.0 Å². The van der Waals surface area contributed by atoms with Crippen molar-refractivity contribution in [2.75, 3.05) is 24.2 Å². The lowest BCUT2D eigenvalue weighted by Gasteiger charge is -2.22. The van der Waals surface area contributed by atoms with E-state index in [1.54, 1.807) is 24.3 Å². The molecule has 1 atom stereocenters. The molecule has 3 aromatic carbocycles. The summed E-state index contributed by atoms with van der Waals surface area (Å²) in [6.45, 7) is 3.92. The van der Waals surface area contributed by atoms with Gasteiger partial charge in [0.1, 0.15) is 5.75 Å². The minimum Gasteiger partial charge on any atom is -0.484 e. The fourth-order valence-electron chi connectivity index (χ4n) is 3.43. The summed E-state index contributed by atoms with van der Waals surface area (Å²) in [5.74, 6) is 0.227. The molecule has 0 bridgehead atoms. The van der Waals surface area contributed by atoms with E-state index in [-0.39, 0.29) is 18.6 Å². The van der Waals surface area contributed by atoms with Crippen LogP contribution in [0.5, 0.6) is 5.75 Å². The maximum atomic E-state index is 12.7. The first-order valence-corrected chi connectivity index (χ1v) is 12.1. The molecule has 0 aliphatic rings. The van der Waals surface area contributed by atoms with E-state index in [4.69, 9.17) is 4.74 Å². The second kappa shape index (κ2) is 9.87. The lowest BCUT2D eigenvalue weighted by Crippen LogP contribution is -2.33. The second-order valence-corrected chi connectivity index (χ2v) is 9.80. The Kier molecular flexibility index (Phi) is 7.20. The maximum Gasteiger partial charge on any atom is 0.258 e. The van der Waals surface area contributed by atoms with Crippen LogP contribution in [-0.4, -0.2) is 34.2 Å². The molecule has 7 heteroatoms. The van der Waals surface area contributed by atoms with Crippen LogP contribution in [0.15, 0.2) is 72.8 Å². The lowest BCUT2D eigenvalue weighted by molar-refractivity contribution is -0.123. The van der Waals surface area contributed by atoms with Gasteiger partial charge in [0.05, 0.1) is 18.0 Å². The van der Waals surface area contributed by atoms with Crippen molar-refractivity contribution in [3.63, 3.8) is 0 Å². The molecule has 0 saturated heterocycles. The minimum atomic E-state index is -3.34. The topological polar surface area (TPSA) is 75.7 Å². The summed E-state index contributed by atoms with van der Waals surface area (Å²) in [5.41, 5.74) is 4.80. The van der Waals surface area contributed by atoms with Crippen LogP contribution < -0.4 is 14.4 Å². The Hall–Kier alpha value is -3.32. The molecule has 1 N–H and O–H groups in total. The Morgan fingerprint density at radius 2 is 1.66 bits per heavy atom. The molecule has 0 aliphatic heterocycles. The number of benzene rings is 3. The van der Waals surface area contributed by atoms with E-state index in [0.717, 1.165) is 28.5 Å². The smallest absolute Gasteiger partial charge is 0.258 e. The molecule has 0 heterocycles. The number of sulfonamides is 1. The summed E-state index contributed by atoms with van der Waals surface area (Å²) in [5, 5.41) is 3.08. The number of carbonyl (C=O) groups is 1. The number of anilines is 1. The molecule has 3 aromatic rings. The van der Waals surface area contributed by atoms with Gasteiger partial charge in [-0.2, -0.15) is 0 Å². The van der Waals surface area contributed by atoms with E-state index in [1.165, 1.54) is 11.4 Å². The van der Waals surface area contributed by atoms with Gasteiger partial charge in [0.15, 0.2) is 6.61 Å². The van der Waals surface area contributed by atoms with Gasteiger partial charge in [-0.3, -0.25) is 9.10 Å². The molecule has 6 nitrogen and oxygen atoms in total. The van der Waals surface area contributed by atoms with E-state index >= 15 is 0 Å². The van der Waals surface area contributed by atoms with Crippen molar-refractivity contribution in [1.82, 2.24) is 5.32 Å². The predicted octanol–water partition coefficient (Wildman–Crippen LogP) is 3.98. The summed E-state index contributed by atoms with van der Waals surface area (Å²) in [4.78, 5) is 12.7. The van der Waals surface area contributed by atoms with E-state index in [1.807, 2.05) is 56.3 Å². The fourth-order valence-corrected chi connectivity index (χ4v) is 3.94. The Bertz CT molecular complexity index is 1180. The Balaban J connectivity index is 1.71. The average molecular weight is 453 g/mol. The van der Waals surface area contributed by atoms with Crippen molar-refractivity contribution in [2.24, 2.45) is 0 Å². The second-order valence-electron chi connectivity index (χ2n) is 7.78. The van der Waals surface area contributed by atoms with Crippen LogP contribution in [0.1, 0.15) is 28.3 Å². The maximum absolute atomic E-state index is 12.7. The van der Waals surface area contributed by atoms with Gasteiger partial charge in [-0.05, 0) is 54.8 Å². The molecule has 3 rings (SSSR count). The number of aryl methyl sites for hydroxylation is 2. The highest BCUT2D eigenvalue weighted by molar-refractivity contribution is 7.92. The molecule has 0 aromatic heterocycles. The highest BCUT2D eigenvalue weighted by atomic mass is 32.2. The van der Waals surface area contributed by atoms with Crippen LogP contribution in [0, 0.1) is 13.8 Å². The summed E-state index contributed by atoms with van der Waals surface area (Å²) < 4.78 is 30.1. The lowest BCUT2D eigenvalue weighted by atomic mass is 9.94. The van der Waals surface area contributed by atoms with Gasteiger partial charge in [-0.1, -0.05) is 54.1 Å². The zero-order valence-corrected chi connectivity index (χ0v) is 19.5. The van der Waals surface area contributed by atoms with E-state index < -0.39 is 10.0 Å². The highest BCUT2D eigenvalue weighted by Crippen LogP contribution is 2.26. The fraction of sp³-hybridized carbons (Fsp3) is 0.240. The quantitative estimate of drug-likeness (QED) is 0.561. The summed E-state index contributed by atoms with van der Waals surface area (Å²) in [6, 6.07) is 22.3. The third kappa shape index (κ3) is 5.88. The van der Waals surface area contributed by atoms with Crippen molar-refractivity contribution in [3.05, 3.63) is 95.1 Å². The number of carbonyl (C=O) groups excluding carboxylic acids is 1. The molecule has 168 valence electrons. The number of rotatable bonds is 8. The number of hydrogen-bond acceptors (Lipinski definition) is 4. The zero-order chi connectivity index (χ0) is 23.3. The molecule has 0 spiro atoms. The van der Waals surface area contributed by atoms with Gasteiger partial charge < -0.3 is 10.1 Å². The van der Waals surface area contributed by atoms with Crippen LogP contribution in [0.3, 0.4) is 0 Å². The van der Waals surface area contributed by atoms with Crippen molar-refractivity contribution in [3.8, 4) is 5.75 Å². The molecule has 0 fully saturated rings. The van der Waals surface area contributed by atoms with E-state index in [2.05, 4.69) is 11.4 Å². The number of amides is 1. The molecule has 32 heavy (non-hydrogen) atoms. The summed E-state index contributed by atoms with van der Waals surface area (Å²) in [6.07, 6.45) is 1.14. The third-order valence-corrected chi connectivity index (χ3v) is 6.45.